The molecule has 0 aliphatic rings. The van der Waals surface area contributed by atoms with Gasteiger partial charge in [-0.05, 0) is 48.5 Å². The van der Waals surface area contributed by atoms with E-state index in [-0.39, 0.29) is 17.8 Å². The molecule has 51 heavy (non-hydrogen) atoms. The van der Waals surface area contributed by atoms with Gasteiger partial charge in [0.15, 0.2) is 5.82 Å². The smallest absolute Gasteiger partial charge is 0.240 e. The van der Waals surface area contributed by atoms with Gasteiger partial charge in [0, 0.05) is 43.6 Å². The highest BCUT2D eigenvalue weighted by molar-refractivity contribution is 6.19. The highest BCUT2D eigenvalue weighted by Crippen LogP contribution is 2.40. The van der Waals surface area contributed by atoms with Crippen LogP contribution in [0.4, 0.5) is 0 Å². The van der Waals surface area contributed by atoms with Crippen LogP contribution in [0.15, 0.2) is 170 Å². The van der Waals surface area contributed by atoms with Crippen molar-refractivity contribution in [3.63, 3.8) is 0 Å². The van der Waals surface area contributed by atoms with Gasteiger partial charge in [-0.25, -0.2) is 0 Å². The van der Waals surface area contributed by atoms with Gasteiger partial charge >= 0.3 is 0 Å². The third-order valence-corrected chi connectivity index (χ3v) is 9.80. The minimum Gasteiger partial charge on any atom is -0.309 e. The molecule has 0 bridgehead atoms. The maximum Gasteiger partial charge on any atom is 0.240 e. The predicted octanol–water partition coefficient (Wildman–Crippen LogP) is 10.8. The quantitative estimate of drug-likeness (QED) is 0.189. The first-order valence-corrected chi connectivity index (χ1v) is 16.7. The van der Waals surface area contributed by atoms with E-state index in [2.05, 4.69) is 41.0 Å². The molecule has 6 heteroatoms. The van der Waals surface area contributed by atoms with Gasteiger partial charge in [-0.15, -0.1) is 0 Å². The molecule has 0 amide bonds. The van der Waals surface area contributed by atoms with Gasteiger partial charge in [-0.3, -0.25) is 9.13 Å². The molecular weight excluding hydrogens is 625 g/mol. The summed E-state index contributed by atoms with van der Waals surface area (Å²) in [7, 11) is 0. The van der Waals surface area contributed by atoms with Crippen molar-refractivity contribution < 1.29 is 6.85 Å². The predicted molar refractivity (Wildman–Crippen MR) is 208 cm³/mol. The summed E-state index contributed by atoms with van der Waals surface area (Å²) in [4.78, 5) is 15.6. The van der Waals surface area contributed by atoms with E-state index in [1.165, 1.54) is 0 Å². The molecule has 11 aromatic rings. The van der Waals surface area contributed by atoms with Crippen LogP contribution >= 0.6 is 0 Å². The minimum atomic E-state index is -0.435. The molecule has 0 radical (unpaired) electrons. The lowest BCUT2D eigenvalue weighted by molar-refractivity contribution is 0.893. The molecule has 0 N–H and O–H groups in total. The highest BCUT2D eigenvalue weighted by atomic mass is 15.3. The fraction of sp³-hybridized carbons (Fsp3) is 0. The molecule has 0 aliphatic heterocycles. The van der Waals surface area contributed by atoms with Crippen LogP contribution in [0.1, 0.15) is 6.85 Å². The summed E-state index contributed by atoms with van der Waals surface area (Å²) in [6.45, 7) is 0. The molecule has 238 valence electrons. The summed E-state index contributed by atoms with van der Waals surface area (Å²) in [5.41, 5.74) is 5.94. The summed E-state index contributed by atoms with van der Waals surface area (Å²) in [6, 6.07) is 44.7. The number of nitrogens with zero attached hydrogens (tertiary/aromatic N) is 6. The van der Waals surface area contributed by atoms with Crippen molar-refractivity contribution in [1.82, 2.24) is 28.7 Å². The molecule has 0 atom stereocenters. The summed E-state index contributed by atoms with van der Waals surface area (Å²) in [6.07, 6.45) is 0. The van der Waals surface area contributed by atoms with Gasteiger partial charge in [0.2, 0.25) is 11.9 Å². The van der Waals surface area contributed by atoms with Crippen molar-refractivity contribution in [3.05, 3.63) is 170 Å². The zero-order chi connectivity index (χ0) is 37.8. The highest BCUT2D eigenvalue weighted by Gasteiger charge is 2.22. The first kappa shape index (κ1) is 23.3. The SMILES string of the molecule is [2H]c1c([2H])c([2H])c(-n2c3ccccc3c3cc4c5ccccc5n(-c5nc(-c6ccccc6)nc(-n6c7ccccc7c7ccccc76)n5)c4cc32)c([2H])c1[2H]. The van der Waals surface area contributed by atoms with Gasteiger partial charge in [0.25, 0.3) is 0 Å². The minimum absolute atomic E-state index is 0.0874. The van der Waals surface area contributed by atoms with E-state index >= 15 is 0 Å². The molecule has 0 spiro atoms. The Bertz CT molecular complexity index is 3360. The molecule has 0 aliphatic carbocycles. The summed E-state index contributed by atoms with van der Waals surface area (Å²) < 4.78 is 49.2. The van der Waals surface area contributed by atoms with Crippen LogP contribution in [0.5, 0.6) is 0 Å². The zero-order valence-electron chi connectivity index (χ0n) is 32.0. The zero-order valence-corrected chi connectivity index (χ0v) is 27.0. The van der Waals surface area contributed by atoms with Gasteiger partial charge in [-0.1, -0.05) is 121 Å². The Morgan fingerprint density at radius 1 is 0.373 bits per heavy atom. The van der Waals surface area contributed by atoms with Crippen molar-refractivity contribution in [2.75, 3.05) is 0 Å². The van der Waals surface area contributed by atoms with Crippen molar-refractivity contribution >= 4 is 65.4 Å². The van der Waals surface area contributed by atoms with Crippen LogP contribution in [-0.4, -0.2) is 28.7 Å². The molecule has 0 fully saturated rings. The second-order valence-electron chi connectivity index (χ2n) is 12.6. The van der Waals surface area contributed by atoms with E-state index in [0.29, 0.717) is 23.2 Å². The number of benzene rings is 7. The fourth-order valence-corrected chi connectivity index (χ4v) is 7.65. The van der Waals surface area contributed by atoms with Gasteiger partial charge in [0.05, 0.1) is 40.0 Å². The van der Waals surface area contributed by atoms with Crippen LogP contribution in [0.25, 0.3) is 94.4 Å². The second kappa shape index (κ2) is 10.7. The Kier molecular flexibility index (Phi) is 4.91. The fourth-order valence-electron chi connectivity index (χ4n) is 7.65. The lowest BCUT2D eigenvalue weighted by Crippen LogP contribution is -2.10. The van der Waals surface area contributed by atoms with Crippen molar-refractivity contribution in [1.29, 1.82) is 0 Å². The lowest BCUT2D eigenvalue weighted by atomic mass is 10.1. The summed E-state index contributed by atoms with van der Waals surface area (Å²) >= 11 is 0. The van der Waals surface area contributed by atoms with E-state index in [9.17, 15) is 0 Å². The van der Waals surface area contributed by atoms with E-state index in [0.717, 1.165) is 65.5 Å². The van der Waals surface area contributed by atoms with E-state index in [1.807, 2.05) is 108 Å². The van der Waals surface area contributed by atoms with Crippen LogP contribution in [-0.2, 0) is 0 Å². The summed E-state index contributed by atoms with van der Waals surface area (Å²) in [5.74, 6) is 1.38. The number of aromatic nitrogens is 6. The van der Waals surface area contributed by atoms with Crippen molar-refractivity contribution in [2.24, 2.45) is 0 Å². The first-order chi connectivity index (χ1) is 27.4. The van der Waals surface area contributed by atoms with Gasteiger partial charge in [-0.2, -0.15) is 15.0 Å². The van der Waals surface area contributed by atoms with Crippen molar-refractivity contribution in [2.45, 2.75) is 0 Å². The largest absolute Gasteiger partial charge is 0.309 e. The average molecular weight is 658 g/mol. The van der Waals surface area contributed by atoms with Gasteiger partial charge in [0.1, 0.15) is 0 Å². The standard InChI is InChI=1S/C45H28N6/c1-3-15-29(16-4-1)43-46-44(50-38-24-12-7-19-31(38)32-20-8-13-25-39(32)50)48-45(47-43)51-40-26-14-10-22-34(40)36-27-35-33-21-9-11-23-37(33)49(41(35)28-42(36)51)30-17-5-2-6-18-30/h1-28H/i2D,5D,6D,17D,18D. The topological polar surface area (TPSA) is 53.5 Å². The molecule has 6 nitrogen and oxygen atoms in total. The molecule has 11 rings (SSSR count). The first-order valence-electron chi connectivity index (χ1n) is 19.2. The summed E-state index contributed by atoms with van der Waals surface area (Å²) in [5, 5.41) is 5.90. The molecule has 4 heterocycles. The molecular formula is C45H28N6. The molecule has 0 unspecified atom stereocenters. The third-order valence-electron chi connectivity index (χ3n) is 9.80. The average Bonchev–Trinajstić information content (AvgIpc) is 3.87. The molecule has 4 aromatic heterocycles. The van der Waals surface area contributed by atoms with Crippen LogP contribution < -0.4 is 0 Å². The Morgan fingerprint density at radius 2 is 0.804 bits per heavy atom. The van der Waals surface area contributed by atoms with E-state index in [1.54, 1.807) is 4.57 Å². The monoisotopic (exact) mass is 657 g/mol. The number of rotatable bonds is 4. The number of hydrogen-bond donors (Lipinski definition) is 0. The Balaban J connectivity index is 1.28. The van der Waals surface area contributed by atoms with Gasteiger partial charge < -0.3 is 4.57 Å². The number of para-hydroxylation sites is 5. The third kappa shape index (κ3) is 4.07. The van der Waals surface area contributed by atoms with E-state index in [4.69, 9.17) is 21.8 Å². The normalized spacial score (nSPS) is 13.3. The van der Waals surface area contributed by atoms with Crippen LogP contribution in [0, 0.1) is 0 Å². The lowest BCUT2D eigenvalue weighted by Gasteiger charge is -2.13. The Hall–Kier alpha value is -7.05. The molecule has 0 saturated heterocycles. The maximum absolute atomic E-state index is 8.97. The maximum atomic E-state index is 8.97. The Morgan fingerprint density at radius 3 is 1.35 bits per heavy atom. The van der Waals surface area contributed by atoms with Crippen LogP contribution in [0.3, 0.4) is 0 Å². The second-order valence-corrected chi connectivity index (χ2v) is 12.6. The van der Waals surface area contributed by atoms with E-state index < -0.39 is 18.1 Å². The number of fused-ring (bicyclic) bond motifs is 9. The van der Waals surface area contributed by atoms with Crippen LogP contribution in [0.2, 0.25) is 0 Å². The number of hydrogen-bond acceptors (Lipinski definition) is 3. The Labute approximate surface area is 299 Å². The molecule has 0 saturated carbocycles. The van der Waals surface area contributed by atoms with Crippen molar-refractivity contribution in [3.8, 4) is 29.0 Å². The molecule has 7 aromatic carbocycles.